The van der Waals surface area contributed by atoms with Crippen LogP contribution in [-0.2, 0) is 42.9 Å². The van der Waals surface area contributed by atoms with E-state index in [0.29, 0.717) is 0 Å². The molecule has 0 aromatic carbocycles. The van der Waals surface area contributed by atoms with Gasteiger partial charge in [-0.2, -0.15) is 0 Å². The van der Waals surface area contributed by atoms with Crippen molar-refractivity contribution in [1.82, 2.24) is 0 Å². The van der Waals surface area contributed by atoms with Gasteiger partial charge in [0.15, 0.2) is 12.2 Å². The summed E-state index contributed by atoms with van der Waals surface area (Å²) in [7, 11) is 0. The van der Waals surface area contributed by atoms with E-state index in [4.69, 9.17) is 29.4 Å². The molecule has 24 heavy (non-hydrogen) atoms. The van der Waals surface area contributed by atoms with E-state index in [2.05, 4.69) is 0 Å². The smallest absolute Gasteiger partial charge is 0.304 e. The second-order valence-electron chi connectivity index (χ2n) is 5.18. The Morgan fingerprint density at radius 2 is 1.33 bits per heavy atom. The molecule has 0 amide bonds. The van der Waals surface area contributed by atoms with Crippen molar-refractivity contribution >= 4 is 23.9 Å². The topological polar surface area (TPSA) is 140 Å². The molecule has 1 aliphatic heterocycles. The number of hydrogen-bond donors (Lipinski definition) is 1. The zero-order chi connectivity index (χ0) is 18.4. The molecule has 0 spiro atoms. The van der Waals surface area contributed by atoms with Crippen molar-refractivity contribution in [3.8, 4) is 0 Å². The Bertz CT molecular complexity index is 490. The van der Waals surface area contributed by atoms with Gasteiger partial charge in [-0.1, -0.05) is 0 Å². The molecular formula is C14H21NO9. The van der Waals surface area contributed by atoms with Crippen LogP contribution in [0, 0.1) is 0 Å². The van der Waals surface area contributed by atoms with Crippen LogP contribution in [0.1, 0.15) is 27.7 Å². The van der Waals surface area contributed by atoms with Crippen LogP contribution in [0.25, 0.3) is 0 Å². The molecule has 0 aromatic heterocycles. The summed E-state index contributed by atoms with van der Waals surface area (Å²) in [6.45, 7) is 4.32. The van der Waals surface area contributed by atoms with E-state index < -0.39 is 54.5 Å². The minimum atomic E-state index is -1.26. The molecule has 1 heterocycles. The molecule has 0 radical (unpaired) electrons. The number of carbonyl (C=O) groups is 4. The summed E-state index contributed by atoms with van der Waals surface area (Å²) in [4.78, 5) is 44.9. The lowest BCUT2D eigenvalue weighted by Crippen LogP contribution is -2.65. The third kappa shape index (κ3) is 5.78. The molecule has 2 N–H and O–H groups in total. The first-order valence-electron chi connectivity index (χ1n) is 7.18. The molecule has 10 nitrogen and oxygen atoms in total. The van der Waals surface area contributed by atoms with Gasteiger partial charge in [0.05, 0.1) is 0 Å². The zero-order valence-electron chi connectivity index (χ0n) is 13.8. The number of carbonyl (C=O) groups excluding carboxylic acids is 4. The molecule has 1 fully saturated rings. The normalized spacial score (nSPS) is 29.3. The SMILES string of the molecule is CC(=O)OC[C@@H]1O[C@H](OC(C)=O)[C@H](N)[C@H](OC(C)=O)[C@@H]1OC(C)=O. The Labute approximate surface area is 138 Å². The number of hydrogen-bond acceptors (Lipinski definition) is 10. The van der Waals surface area contributed by atoms with Crippen molar-refractivity contribution < 1.29 is 42.9 Å². The van der Waals surface area contributed by atoms with Crippen molar-refractivity contribution in [3.05, 3.63) is 0 Å². The van der Waals surface area contributed by atoms with E-state index in [1.165, 1.54) is 6.92 Å². The van der Waals surface area contributed by atoms with Gasteiger partial charge in [0.1, 0.15) is 18.8 Å². The fourth-order valence-electron chi connectivity index (χ4n) is 2.20. The monoisotopic (exact) mass is 347 g/mol. The van der Waals surface area contributed by atoms with Gasteiger partial charge in [-0.05, 0) is 0 Å². The molecule has 1 saturated heterocycles. The molecule has 1 aliphatic rings. The summed E-state index contributed by atoms with van der Waals surface area (Å²) in [5, 5.41) is 0. The summed E-state index contributed by atoms with van der Waals surface area (Å²) in [5.41, 5.74) is 5.93. The molecule has 5 atom stereocenters. The van der Waals surface area contributed by atoms with Crippen molar-refractivity contribution in [3.63, 3.8) is 0 Å². The van der Waals surface area contributed by atoms with Gasteiger partial charge in [0.25, 0.3) is 0 Å². The Morgan fingerprint density at radius 3 is 1.79 bits per heavy atom. The summed E-state index contributed by atoms with van der Waals surface area (Å²) in [6.07, 6.45) is -4.58. The van der Waals surface area contributed by atoms with Crippen LogP contribution in [0.15, 0.2) is 0 Å². The van der Waals surface area contributed by atoms with Crippen LogP contribution < -0.4 is 5.73 Å². The Morgan fingerprint density at radius 1 is 0.833 bits per heavy atom. The van der Waals surface area contributed by atoms with Crippen LogP contribution in [0.3, 0.4) is 0 Å². The van der Waals surface area contributed by atoms with Gasteiger partial charge in [0, 0.05) is 27.7 Å². The first-order valence-corrected chi connectivity index (χ1v) is 7.18. The molecule has 0 unspecified atom stereocenters. The lowest BCUT2D eigenvalue weighted by atomic mass is 9.97. The predicted molar refractivity (Wildman–Crippen MR) is 76.1 cm³/mol. The lowest BCUT2D eigenvalue weighted by molar-refractivity contribution is -0.267. The van der Waals surface area contributed by atoms with E-state index >= 15 is 0 Å². The molecule has 10 heteroatoms. The number of rotatable bonds is 5. The largest absolute Gasteiger partial charge is 0.463 e. The second-order valence-corrected chi connectivity index (χ2v) is 5.18. The van der Waals surface area contributed by atoms with Crippen LogP contribution >= 0.6 is 0 Å². The molecule has 0 aliphatic carbocycles. The van der Waals surface area contributed by atoms with Gasteiger partial charge in [-0.25, -0.2) is 0 Å². The molecule has 1 rings (SSSR count). The lowest BCUT2D eigenvalue weighted by Gasteiger charge is -2.42. The zero-order valence-corrected chi connectivity index (χ0v) is 13.8. The highest BCUT2D eigenvalue weighted by Crippen LogP contribution is 2.26. The van der Waals surface area contributed by atoms with E-state index in [0.717, 1.165) is 20.8 Å². The van der Waals surface area contributed by atoms with E-state index in [1.54, 1.807) is 0 Å². The predicted octanol–water partition coefficient (Wildman–Crippen LogP) is -0.972. The fraction of sp³-hybridized carbons (Fsp3) is 0.714. The second kappa shape index (κ2) is 8.60. The first-order chi connectivity index (χ1) is 11.1. The maximum Gasteiger partial charge on any atom is 0.304 e. The van der Waals surface area contributed by atoms with E-state index in [1.807, 2.05) is 0 Å². The van der Waals surface area contributed by atoms with Crippen LogP contribution in [-0.4, -0.2) is 61.1 Å². The summed E-state index contributed by atoms with van der Waals surface area (Å²) < 4.78 is 25.5. The average molecular weight is 347 g/mol. The number of ether oxygens (including phenoxy) is 5. The summed E-state index contributed by atoms with van der Waals surface area (Å²) in [5.74, 6) is -2.62. The van der Waals surface area contributed by atoms with Crippen LogP contribution in [0.5, 0.6) is 0 Å². The quantitative estimate of drug-likeness (QED) is 0.487. The maximum absolute atomic E-state index is 11.3. The van der Waals surface area contributed by atoms with Crippen molar-refractivity contribution in [2.45, 2.75) is 58.3 Å². The number of nitrogens with two attached hydrogens (primary N) is 1. The van der Waals surface area contributed by atoms with Crippen molar-refractivity contribution in [2.24, 2.45) is 5.73 Å². The van der Waals surface area contributed by atoms with Crippen molar-refractivity contribution in [2.75, 3.05) is 6.61 Å². The molecule has 0 saturated carbocycles. The Balaban J connectivity index is 3.08. The average Bonchev–Trinajstić information content (AvgIpc) is 2.42. The van der Waals surface area contributed by atoms with Gasteiger partial charge in [-0.3, -0.25) is 19.2 Å². The van der Waals surface area contributed by atoms with Crippen LogP contribution in [0.4, 0.5) is 0 Å². The highest BCUT2D eigenvalue weighted by molar-refractivity contribution is 5.68. The fourth-order valence-corrected chi connectivity index (χ4v) is 2.20. The first kappa shape index (κ1) is 19.8. The van der Waals surface area contributed by atoms with E-state index in [-0.39, 0.29) is 6.61 Å². The van der Waals surface area contributed by atoms with Crippen molar-refractivity contribution in [1.29, 1.82) is 0 Å². The van der Waals surface area contributed by atoms with Gasteiger partial charge in [-0.15, -0.1) is 0 Å². The van der Waals surface area contributed by atoms with Crippen LogP contribution in [0.2, 0.25) is 0 Å². The maximum atomic E-state index is 11.3. The standard InChI is InChI=1S/C14H21NO9/c1-6(16)20-5-10-12(21-7(2)17)13(22-8(3)18)11(15)14(24-10)23-9(4)19/h10-14H,5,15H2,1-4H3/t10-,11+,12+,13-,14-/m0/s1. The Kier molecular flexibility index (Phi) is 7.11. The third-order valence-corrected chi connectivity index (χ3v) is 3.03. The molecule has 0 bridgehead atoms. The minimum absolute atomic E-state index is 0.310. The third-order valence-electron chi connectivity index (χ3n) is 3.03. The number of esters is 4. The molecule has 136 valence electrons. The van der Waals surface area contributed by atoms with E-state index in [9.17, 15) is 19.2 Å². The highest BCUT2D eigenvalue weighted by Gasteiger charge is 2.50. The van der Waals surface area contributed by atoms with Gasteiger partial charge in [0.2, 0.25) is 6.29 Å². The van der Waals surface area contributed by atoms with Gasteiger partial charge < -0.3 is 29.4 Å². The molecule has 0 aromatic rings. The van der Waals surface area contributed by atoms with Gasteiger partial charge >= 0.3 is 23.9 Å². The molecular weight excluding hydrogens is 326 g/mol. The minimum Gasteiger partial charge on any atom is -0.463 e. The summed E-state index contributed by atoms with van der Waals surface area (Å²) in [6, 6.07) is -1.10. The summed E-state index contributed by atoms with van der Waals surface area (Å²) >= 11 is 0. The Hall–Kier alpha value is -2.20. The highest BCUT2D eigenvalue weighted by atomic mass is 16.7.